The zero-order chi connectivity index (χ0) is 22.3. The van der Waals surface area contributed by atoms with E-state index in [-0.39, 0.29) is 17.2 Å². The molecular formula is C27H35N3O. The Balaban J connectivity index is 1.82. The Morgan fingerprint density at radius 3 is 2.19 bits per heavy atom. The lowest BCUT2D eigenvalue weighted by molar-refractivity contribution is -0.118. The van der Waals surface area contributed by atoms with E-state index in [0.717, 1.165) is 47.7 Å². The number of Topliss-reactive ketones (excluding diaryl/α,β-unsaturated/α-hetero) is 1. The van der Waals surface area contributed by atoms with Gasteiger partial charge < -0.3 is 15.5 Å². The van der Waals surface area contributed by atoms with Crippen molar-refractivity contribution in [1.29, 1.82) is 0 Å². The van der Waals surface area contributed by atoms with Gasteiger partial charge >= 0.3 is 0 Å². The minimum atomic E-state index is -0.153. The second-order valence-corrected chi connectivity index (χ2v) is 9.78. The van der Waals surface area contributed by atoms with Crippen LogP contribution in [0.1, 0.15) is 63.3 Å². The molecule has 0 unspecified atom stereocenters. The smallest absolute Gasteiger partial charge is 0.163 e. The van der Waals surface area contributed by atoms with Gasteiger partial charge in [-0.05, 0) is 80.5 Å². The van der Waals surface area contributed by atoms with Gasteiger partial charge in [-0.15, -0.1) is 0 Å². The first-order chi connectivity index (χ1) is 14.7. The number of nitrogens with zero attached hydrogens (tertiary/aromatic N) is 1. The first kappa shape index (κ1) is 21.5. The van der Waals surface area contributed by atoms with Gasteiger partial charge in [0.15, 0.2) is 5.78 Å². The van der Waals surface area contributed by atoms with Crippen LogP contribution < -0.4 is 15.5 Å². The average Bonchev–Trinajstić information content (AvgIpc) is 2.85. The topological polar surface area (TPSA) is 44.4 Å². The number of carbonyl (C=O) groups is 1. The fourth-order valence-electron chi connectivity index (χ4n) is 4.93. The summed E-state index contributed by atoms with van der Waals surface area (Å²) in [5.74, 6) is 0.241. The van der Waals surface area contributed by atoms with Crippen molar-refractivity contribution in [3.05, 3.63) is 64.4 Å². The van der Waals surface area contributed by atoms with Gasteiger partial charge in [0.05, 0.1) is 17.4 Å². The highest BCUT2D eigenvalue weighted by molar-refractivity contribution is 6.01. The van der Waals surface area contributed by atoms with E-state index in [4.69, 9.17) is 0 Å². The van der Waals surface area contributed by atoms with Crippen molar-refractivity contribution >= 4 is 22.8 Å². The molecule has 0 radical (unpaired) electrons. The maximum atomic E-state index is 13.4. The summed E-state index contributed by atoms with van der Waals surface area (Å²) >= 11 is 0. The zero-order valence-corrected chi connectivity index (χ0v) is 19.7. The maximum absolute atomic E-state index is 13.4. The predicted molar refractivity (Wildman–Crippen MR) is 131 cm³/mol. The summed E-state index contributed by atoms with van der Waals surface area (Å²) in [5.41, 5.74) is 8.87. The number of allylic oxidation sites excluding steroid dienone is 1. The number of rotatable bonds is 4. The molecule has 4 heteroatoms. The van der Waals surface area contributed by atoms with Crippen LogP contribution in [0, 0.1) is 19.3 Å². The largest absolute Gasteiger partial charge is 0.372 e. The van der Waals surface area contributed by atoms with Gasteiger partial charge in [-0.1, -0.05) is 26.0 Å². The SMILES string of the molecule is CCN(CC)c1ccc([C@@H]2Nc3cc(C)c(C)cc3NC3=C2C(=O)CC(C)(C)C3)cc1. The lowest BCUT2D eigenvalue weighted by Crippen LogP contribution is -2.31. The Labute approximate surface area is 186 Å². The fourth-order valence-corrected chi connectivity index (χ4v) is 4.93. The standard InChI is InChI=1S/C27H35N3O/c1-7-30(8-2)20-11-9-19(10-12-20)26-25-23(15-27(5,6)16-24(25)31)28-21-13-17(3)18(4)14-22(21)29-26/h9-14,26,28-29H,7-8,15-16H2,1-6H3/t26-/m0/s1. The summed E-state index contributed by atoms with van der Waals surface area (Å²) < 4.78 is 0. The molecule has 0 spiro atoms. The van der Waals surface area contributed by atoms with E-state index < -0.39 is 0 Å². The van der Waals surface area contributed by atoms with Gasteiger partial charge in [0.2, 0.25) is 0 Å². The number of fused-ring (bicyclic) bond motifs is 1. The van der Waals surface area contributed by atoms with Crippen molar-refractivity contribution < 1.29 is 4.79 Å². The second kappa shape index (κ2) is 8.07. The molecule has 0 amide bonds. The van der Waals surface area contributed by atoms with Crippen LogP contribution in [-0.4, -0.2) is 18.9 Å². The zero-order valence-electron chi connectivity index (χ0n) is 19.7. The van der Waals surface area contributed by atoms with Crippen LogP contribution in [-0.2, 0) is 4.79 Å². The third kappa shape index (κ3) is 4.08. The fraction of sp³-hybridized carbons (Fsp3) is 0.444. The minimum absolute atomic E-state index is 0.0374. The van der Waals surface area contributed by atoms with Crippen LogP contribution in [0.4, 0.5) is 17.1 Å². The van der Waals surface area contributed by atoms with Gasteiger partial charge in [0.1, 0.15) is 0 Å². The van der Waals surface area contributed by atoms with Gasteiger partial charge in [-0.25, -0.2) is 0 Å². The van der Waals surface area contributed by atoms with Crippen LogP contribution in [0.15, 0.2) is 47.7 Å². The number of ketones is 1. The molecule has 1 aliphatic carbocycles. The quantitative estimate of drug-likeness (QED) is 0.606. The van der Waals surface area contributed by atoms with Crippen molar-refractivity contribution in [2.24, 2.45) is 5.41 Å². The van der Waals surface area contributed by atoms with Gasteiger partial charge in [0.25, 0.3) is 0 Å². The molecule has 4 nitrogen and oxygen atoms in total. The molecule has 0 saturated carbocycles. The Hall–Kier alpha value is -2.75. The highest BCUT2D eigenvalue weighted by atomic mass is 16.1. The van der Waals surface area contributed by atoms with E-state index in [1.54, 1.807) is 0 Å². The van der Waals surface area contributed by atoms with Gasteiger partial charge in [0, 0.05) is 36.5 Å². The van der Waals surface area contributed by atoms with Crippen molar-refractivity contribution in [2.45, 2.75) is 60.4 Å². The van der Waals surface area contributed by atoms with Crippen molar-refractivity contribution in [3.63, 3.8) is 0 Å². The molecule has 0 bridgehead atoms. The van der Waals surface area contributed by atoms with Crippen LogP contribution in [0.5, 0.6) is 0 Å². The molecule has 0 fully saturated rings. The number of benzene rings is 2. The summed E-state index contributed by atoms with van der Waals surface area (Å²) in [7, 11) is 0. The number of hydrogen-bond acceptors (Lipinski definition) is 4. The van der Waals surface area contributed by atoms with E-state index in [1.807, 2.05) is 0 Å². The van der Waals surface area contributed by atoms with Crippen LogP contribution >= 0.6 is 0 Å². The lowest BCUT2D eigenvalue weighted by Gasteiger charge is -2.34. The summed E-state index contributed by atoms with van der Waals surface area (Å²) in [6.45, 7) is 15.0. The Morgan fingerprint density at radius 1 is 0.968 bits per heavy atom. The van der Waals surface area contributed by atoms with Crippen LogP contribution in [0.2, 0.25) is 0 Å². The van der Waals surface area contributed by atoms with E-state index >= 15 is 0 Å². The molecule has 2 N–H and O–H groups in total. The third-order valence-electron chi connectivity index (χ3n) is 6.78. The minimum Gasteiger partial charge on any atom is -0.372 e. The Kier molecular flexibility index (Phi) is 5.59. The molecule has 2 aliphatic rings. The molecule has 1 heterocycles. The average molecular weight is 418 g/mol. The molecule has 2 aromatic rings. The van der Waals surface area contributed by atoms with Crippen LogP contribution in [0.25, 0.3) is 0 Å². The number of carbonyl (C=O) groups excluding carboxylic acids is 1. The van der Waals surface area contributed by atoms with Crippen molar-refractivity contribution in [3.8, 4) is 0 Å². The van der Waals surface area contributed by atoms with Crippen LogP contribution in [0.3, 0.4) is 0 Å². The molecule has 1 aliphatic heterocycles. The van der Waals surface area contributed by atoms with E-state index in [1.165, 1.54) is 16.8 Å². The highest BCUT2D eigenvalue weighted by Gasteiger charge is 2.38. The third-order valence-corrected chi connectivity index (χ3v) is 6.78. The molecule has 0 aromatic heterocycles. The molecule has 2 aromatic carbocycles. The highest BCUT2D eigenvalue weighted by Crippen LogP contribution is 2.46. The second-order valence-electron chi connectivity index (χ2n) is 9.78. The number of aryl methyl sites for hydroxylation is 2. The number of hydrogen-bond donors (Lipinski definition) is 2. The molecule has 31 heavy (non-hydrogen) atoms. The molecule has 0 saturated heterocycles. The normalized spacial score (nSPS) is 19.7. The molecule has 1 atom stereocenters. The maximum Gasteiger partial charge on any atom is 0.163 e. The molecule has 4 rings (SSSR count). The first-order valence-electron chi connectivity index (χ1n) is 11.5. The molecule has 164 valence electrons. The number of anilines is 3. The number of nitrogens with one attached hydrogen (secondary N) is 2. The monoisotopic (exact) mass is 417 g/mol. The van der Waals surface area contributed by atoms with Crippen molar-refractivity contribution in [2.75, 3.05) is 28.6 Å². The first-order valence-corrected chi connectivity index (χ1v) is 11.5. The Bertz CT molecular complexity index is 1030. The van der Waals surface area contributed by atoms with Gasteiger partial charge in [-0.2, -0.15) is 0 Å². The van der Waals surface area contributed by atoms with Crippen molar-refractivity contribution in [1.82, 2.24) is 0 Å². The summed E-state index contributed by atoms with van der Waals surface area (Å²) in [6.07, 6.45) is 1.45. The van der Waals surface area contributed by atoms with Gasteiger partial charge in [-0.3, -0.25) is 4.79 Å². The van der Waals surface area contributed by atoms with E-state index in [2.05, 4.69) is 93.5 Å². The Morgan fingerprint density at radius 2 is 1.58 bits per heavy atom. The molecular weight excluding hydrogens is 382 g/mol. The lowest BCUT2D eigenvalue weighted by atomic mass is 9.73. The van der Waals surface area contributed by atoms with E-state index in [9.17, 15) is 4.79 Å². The predicted octanol–water partition coefficient (Wildman–Crippen LogP) is 6.37. The van der Waals surface area contributed by atoms with E-state index in [0.29, 0.717) is 6.42 Å². The summed E-state index contributed by atoms with van der Waals surface area (Å²) in [4.78, 5) is 15.7. The summed E-state index contributed by atoms with van der Waals surface area (Å²) in [5, 5.41) is 7.37. The summed E-state index contributed by atoms with van der Waals surface area (Å²) in [6, 6.07) is 13.0.